The molecule has 0 saturated heterocycles. The van der Waals surface area contributed by atoms with Crippen molar-refractivity contribution >= 4 is 61.6 Å². The van der Waals surface area contributed by atoms with Crippen LogP contribution in [0.2, 0.25) is 0 Å². The molecule has 0 fully saturated rings. The van der Waals surface area contributed by atoms with E-state index in [1.165, 1.54) is 0 Å². The molecule has 0 aliphatic carbocycles. The molecule has 0 radical (unpaired) electrons. The molecule has 4 heterocycles. The number of nitrogens with zero attached hydrogens (tertiary/aromatic N) is 1. The molecule has 0 unspecified atom stereocenters. The highest BCUT2D eigenvalue weighted by atomic mass is 16.5. The number of aromatic nitrogens is 1. The minimum atomic E-state index is -2.01. The summed E-state index contributed by atoms with van der Waals surface area (Å²) in [6, 6.07) is -24.4. The summed E-state index contributed by atoms with van der Waals surface area (Å²) in [5.41, 5.74) is -8.25. The topological polar surface area (TPSA) is 36.5 Å². The van der Waals surface area contributed by atoms with Gasteiger partial charge >= 0.3 is 6.92 Å². The van der Waals surface area contributed by atoms with Gasteiger partial charge in [-0.05, 0) is 82.7 Å². The van der Waals surface area contributed by atoms with Gasteiger partial charge in [0.1, 0.15) is 28.4 Å². The van der Waals surface area contributed by atoms with E-state index in [0.29, 0.717) is 0 Å². The Morgan fingerprint density at radius 2 is 1.13 bits per heavy atom. The van der Waals surface area contributed by atoms with Crippen LogP contribution in [0.3, 0.4) is 0 Å². The van der Waals surface area contributed by atoms with Crippen molar-refractivity contribution in [3.63, 3.8) is 0 Å². The SMILES string of the molecule is [2H]c1c([2H])c([2H])c2c(c1[2H])OB1c3c([2H])c(-c4c([2H])c([2H])c([2H])c([2H])c4-n4c5c([2H])c([2H])c([2H])c([2H])c5c5c([2H])c([2H])c([2H])c([2H])c54)c([2H])c([2H])c3Oc3c([2H])c(-c4c([2H])c([2H])c5oc6c([2H])c([2H])c([2H])c([2H])c6c5c4[2H])c([2H])c-2c31. The first-order chi connectivity index (χ1) is 37.9. The summed E-state index contributed by atoms with van der Waals surface area (Å²) < 4.78 is 273. The molecule has 12 rings (SSSR count). The monoisotopic (exact) mass is 705 g/mol. The van der Waals surface area contributed by atoms with Gasteiger partial charge in [0.2, 0.25) is 0 Å². The summed E-state index contributed by atoms with van der Waals surface area (Å²) in [5.74, 6) is -2.16. The Morgan fingerprint density at radius 1 is 0.453 bits per heavy atom. The average molecular weight is 706 g/mol. The standard InChI is InChI=1S/C48H28BNO3/c1-6-16-40(50-41-17-7-2-12-33(41)34-13-3-8-18-42(34)50)32(11-1)30-22-24-46-39(27-30)49-48-38(36-15-5-10-20-45(36)53-49)26-31(28-47(48)52-46)29-21-23-44-37(25-29)35-14-4-9-19-43(35)51-44/h1-28H/i1D,2D,3D,4D,5D,6D,7D,8D,9D,10D,11D,12D,13D,14D,15D,16D,17D,18D,19D,20D,21D,22D,23D,24D,25D,26D,27D,28D. The highest BCUT2D eigenvalue weighted by Gasteiger charge is 2.41. The quantitative estimate of drug-likeness (QED) is 0.172. The molecule has 246 valence electrons. The van der Waals surface area contributed by atoms with Crippen LogP contribution in [0, 0.1) is 0 Å². The molecule has 2 aliphatic rings. The number of ether oxygens (including phenoxy) is 1. The maximum Gasteiger partial charge on any atom is 0.434 e. The third-order valence-electron chi connectivity index (χ3n) is 8.98. The molecule has 53 heavy (non-hydrogen) atoms. The van der Waals surface area contributed by atoms with Crippen LogP contribution in [-0.4, -0.2) is 11.5 Å². The first kappa shape index (κ1) is 12.9. The van der Waals surface area contributed by atoms with Gasteiger partial charge < -0.3 is 18.4 Å². The average Bonchev–Trinajstić information content (AvgIpc) is 2.07. The van der Waals surface area contributed by atoms with Crippen molar-refractivity contribution in [1.29, 1.82) is 0 Å². The van der Waals surface area contributed by atoms with Crippen LogP contribution >= 0.6 is 0 Å². The third kappa shape index (κ3) is 4.13. The molecule has 0 saturated carbocycles. The molecule has 2 aromatic heterocycles. The summed E-state index contributed by atoms with van der Waals surface area (Å²) in [5, 5.41) is -1.81. The molecule has 0 amide bonds. The smallest absolute Gasteiger partial charge is 0.434 e. The van der Waals surface area contributed by atoms with E-state index in [2.05, 4.69) is 0 Å². The van der Waals surface area contributed by atoms with E-state index in [-0.39, 0.29) is 5.39 Å². The Morgan fingerprint density at radius 3 is 1.98 bits per heavy atom. The summed E-state index contributed by atoms with van der Waals surface area (Å²) in [7, 11) is 0. The zero-order valence-corrected chi connectivity index (χ0v) is 26.2. The fourth-order valence-corrected chi connectivity index (χ4v) is 6.74. The van der Waals surface area contributed by atoms with Gasteiger partial charge in [-0.25, -0.2) is 0 Å². The predicted octanol–water partition coefficient (Wildman–Crippen LogP) is 11.3. The van der Waals surface area contributed by atoms with Crippen molar-refractivity contribution in [1.82, 2.24) is 4.57 Å². The maximum absolute atomic E-state index is 10.0. The van der Waals surface area contributed by atoms with Crippen molar-refractivity contribution in [2.24, 2.45) is 0 Å². The zero-order chi connectivity index (χ0) is 59.0. The largest absolute Gasteiger partial charge is 0.551 e. The molecule has 0 N–H and O–H groups in total. The highest BCUT2D eigenvalue weighted by Crippen LogP contribution is 2.43. The molecular weight excluding hydrogens is 649 g/mol. The lowest BCUT2D eigenvalue weighted by Crippen LogP contribution is -2.53. The second-order valence-electron chi connectivity index (χ2n) is 11.8. The number of hydrogen-bond acceptors (Lipinski definition) is 3. The molecule has 0 spiro atoms. The van der Waals surface area contributed by atoms with Gasteiger partial charge in [0, 0.05) is 43.6 Å². The van der Waals surface area contributed by atoms with E-state index >= 15 is 0 Å². The first-order valence-corrected chi connectivity index (χ1v) is 15.8. The van der Waals surface area contributed by atoms with Crippen LogP contribution in [-0.2, 0) is 0 Å². The molecule has 0 atom stereocenters. The van der Waals surface area contributed by atoms with E-state index in [1.54, 1.807) is 0 Å². The number of furan rings is 1. The summed E-state index contributed by atoms with van der Waals surface area (Å²) in [4.78, 5) is 0. The van der Waals surface area contributed by atoms with Crippen molar-refractivity contribution in [2.75, 3.05) is 0 Å². The van der Waals surface area contributed by atoms with E-state index in [9.17, 15) is 12.3 Å². The molecule has 4 nitrogen and oxygen atoms in total. The molecular formula is C48H28BNO3. The van der Waals surface area contributed by atoms with Gasteiger partial charge in [-0.3, -0.25) is 0 Å². The number of hydrogen-bond donors (Lipinski definition) is 0. The number of benzene rings is 8. The van der Waals surface area contributed by atoms with Gasteiger partial charge in [0.15, 0.2) is 0 Å². The second kappa shape index (κ2) is 10.8. The van der Waals surface area contributed by atoms with Gasteiger partial charge in [-0.15, -0.1) is 0 Å². The summed E-state index contributed by atoms with van der Waals surface area (Å²) in [6.07, 6.45) is 0. The van der Waals surface area contributed by atoms with Crippen molar-refractivity contribution in [3.8, 4) is 56.3 Å². The van der Waals surface area contributed by atoms with Crippen LogP contribution in [0.5, 0.6) is 17.2 Å². The van der Waals surface area contributed by atoms with Crippen molar-refractivity contribution in [3.05, 3.63) is 169 Å². The zero-order valence-electron chi connectivity index (χ0n) is 54.2. The van der Waals surface area contributed by atoms with Crippen LogP contribution in [0.1, 0.15) is 38.4 Å². The fourth-order valence-electron chi connectivity index (χ4n) is 6.74. The Kier molecular flexibility index (Phi) is 2.62. The Bertz CT molecular complexity index is 4690. The maximum atomic E-state index is 10.0. The minimum absolute atomic E-state index is 0.384. The number of para-hydroxylation sites is 5. The van der Waals surface area contributed by atoms with Crippen LogP contribution in [0.4, 0.5) is 0 Å². The highest BCUT2D eigenvalue weighted by molar-refractivity contribution is 6.84. The van der Waals surface area contributed by atoms with Gasteiger partial charge in [0.25, 0.3) is 0 Å². The van der Waals surface area contributed by atoms with Crippen LogP contribution < -0.4 is 20.3 Å². The van der Waals surface area contributed by atoms with E-state index in [0.717, 1.165) is 4.57 Å². The lowest BCUT2D eigenvalue weighted by atomic mass is 9.50. The first-order valence-electron chi connectivity index (χ1n) is 29.8. The Hall–Kier alpha value is -6.98. The molecule has 2 aliphatic heterocycles. The van der Waals surface area contributed by atoms with E-state index < -0.39 is 282 Å². The summed E-state index contributed by atoms with van der Waals surface area (Å²) in [6.45, 7) is -2.01. The van der Waals surface area contributed by atoms with Crippen molar-refractivity contribution in [2.45, 2.75) is 0 Å². The van der Waals surface area contributed by atoms with Crippen LogP contribution in [0.25, 0.3) is 82.8 Å². The van der Waals surface area contributed by atoms with Crippen LogP contribution in [0.15, 0.2) is 174 Å². The molecule has 5 heteroatoms. The lowest BCUT2D eigenvalue weighted by molar-refractivity contribution is 0.479. The third-order valence-corrected chi connectivity index (χ3v) is 8.98. The van der Waals surface area contributed by atoms with E-state index in [1.807, 2.05) is 0 Å². The van der Waals surface area contributed by atoms with Gasteiger partial charge in [-0.2, -0.15) is 0 Å². The van der Waals surface area contributed by atoms with E-state index in [4.69, 9.17) is 39.9 Å². The van der Waals surface area contributed by atoms with Gasteiger partial charge in [-0.1, -0.05) is 109 Å². The Balaban J connectivity index is 1.22. The van der Waals surface area contributed by atoms with Crippen molar-refractivity contribution < 1.29 is 52.2 Å². The predicted molar refractivity (Wildman–Crippen MR) is 217 cm³/mol. The second-order valence-corrected chi connectivity index (χ2v) is 11.8. The fraction of sp³-hybridized carbons (Fsp3) is 0. The Labute approximate surface area is 344 Å². The minimum Gasteiger partial charge on any atom is -0.551 e. The lowest BCUT2D eigenvalue weighted by Gasteiger charge is -2.33. The summed E-state index contributed by atoms with van der Waals surface area (Å²) >= 11 is 0. The van der Waals surface area contributed by atoms with Gasteiger partial charge in [0.05, 0.1) is 55.1 Å². The molecule has 0 bridgehead atoms. The number of fused-ring (bicyclic) bond motifs is 10. The normalized spacial score (nSPS) is 20.2. The number of rotatable bonds is 3. The molecule has 8 aromatic carbocycles. The molecule has 10 aromatic rings.